The van der Waals surface area contributed by atoms with Crippen LogP contribution in [0.4, 0.5) is 0 Å². The molecule has 2 nitrogen and oxygen atoms in total. The molecule has 0 aliphatic carbocycles. The van der Waals surface area contributed by atoms with E-state index in [1.54, 1.807) is 19.2 Å². The highest BCUT2D eigenvalue weighted by atomic mass is 35.5. The van der Waals surface area contributed by atoms with Gasteiger partial charge in [-0.15, -0.1) is 0 Å². The molecule has 0 N–H and O–H groups in total. The van der Waals surface area contributed by atoms with E-state index in [0.29, 0.717) is 11.4 Å². The van der Waals surface area contributed by atoms with Gasteiger partial charge in [0.15, 0.2) is 0 Å². The second-order valence-corrected chi connectivity index (χ2v) is 3.60. The van der Waals surface area contributed by atoms with Crippen molar-refractivity contribution in [2.24, 2.45) is 0 Å². The molecule has 0 aliphatic heterocycles. The molecule has 1 rings (SSSR count). The van der Waals surface area contributed by atoms with Crippen molar-refractivity contribution in [2.45, 2.75) is 19.3 Å². The highest BCUT2D eigenvalue weighted by molar-refractivity contribution is 6.31. The molecular formula is C11H13ClO2. The Kier molecular flexibility index (Phi) is 3.96. The third-order valence-corrected chi connectivity index (χ3v) is 2.53. The van der Waals surface area contributed by atoms with Crippen molar-refractivity contribution in [1.82, 2.24) is 0 Å². The van der Waals surface area contributed by atoms with E-state index in [1.165, 1.54) is 0 Å². The lowest BCUT2D eigenvalue weighted by molar-refractivity contribution is -0.108. The zero-order valence-electron chi connectivity index (χ0n) is 8.29. The molecule has 1 aromatic rings. The molecule has 0 aromatic heterocycles. The van der Waals surface area contributed by atoms with Crippen molar-refractivity contribution in [3.8, 4) is 5.75 Å². The number of benzene rings is 1. The number of rotatable bonds is 4. The molecule has 1 atom stereocenters. The summed E-state index contributed by atoms with van der Waals surface area (Å²) in [5.41, 5.74) is 0.957. The fourth-order valence-corrected chi connectivity index (χ4v) is 1.60. The first kappa shape index (κ1) is 11.1. The van der Waals surface area contributed by atoms with Crippen LogP contribution < -0.4 is 4.74 Å². The molecule has 0 saturated heterocycles. The fraction of sp³-hybridized carbons (Fsp3) is 0.364. The minimum Gasteiger partial charge on any atom is -0.497 e. The van der Waals surface area contributed by atoms with Crippen LogP contribution in [0.15, 0.2) is 18.2 Å². The van der Waals surface area contributed by atoms with Crippen LogP contribution in [0.25, 0.3) is 0 Å². The predicted octanol–water partition coefficient (Wildman–Crippen LogP) is 3.04. The second-order valence-electron chi connectivity index (χ2n) is 3.19. The van der Waals surface area contributed by atoms with Gasteiger partial charge in [-0.2, -0.15) is 0 Å². The smallest absolute Gasteiger partial charge is 0.120 e. The van der Waals surface area contributed by atoms with Crippen LogP contribution in [-0.4, -0.2) is 13.4 Å². The Balaban J connectivity index is 2.98. The first-order valence-corrected chi connectivity index (χ1v) is 4.84. The van der Waals surface area contributed by atoms with Gasteiger partial charge in [0.1, 0.15) is 12.0 Å². The summed E-state index contributed by atoms with van der Waals surface area (Å²) in [5.74, 6) is 0.900. The summed E-state index contributed by atoms with van der Waals surface area (Å²) in [6, 6.07) is 5.47. The maximum Gasteiger partial charge on any atom is 0.120 e. The molecule has 0 spiro atoms. The van der Waals surface area contributed by atoms with E-state index in [4.69, 9.17) is 16.3 Å². The van der Waals surface area contributed by atoms with E-state index in [-0.39, 0.29) is 5.92 Å². The zero-order chi connectivity index (χ0) is 10.6. The standard InChI is InChI=1S/C11H13ClO2/c1-8(5-6-13)10-7-9(14-2)3-4-11(10)12/h3-4,6-8H,5H2,1-2H3. The van der Waals surface area contributed by atoms with Crippen LogP contribution in [0, 0.1) is 0 Å². The van der Waals surface area contributed by atoms with Gasteiger partial charge in [-0.25, -0.2) is 0 Å². The summed E-state index contributed by atoms with van der Waals surface area (Å²) in [6.45, 7) is 1.97. The topological polar surface area (TPSA) is 26.3 Å². The summed E-state index contributed by atoms with van der Waals surface area (Å²) < 4.78 is 5.09. The molecular weight excluding hydrogens is 200 g/mol. The van der Waals surface area contributed by atoms with Crippen molar-refractivity contribution >= 4 is 17.9 Å². The van der Waals surface area contributed by atoms with Crippen molar-refractivity contribution in [2.75, 3.05) is 7.11 Å². The molecule has 0 radical (unpaired) electrons. The molecule has 0 saturated carbocycles. The van der Waals surface area contributed by atoms with Gasteiger partial charge in [0.25, 0.3) is 0 Å². The second kappa shape index (κ2) is 5.01. The Labute approximate surface area is 88.8 Å². The Morgan fingerprint density at radius 1 is 1.57 bits per heavy atom. The van der Waals surface area contributed by atoms with Gasteiger partial charge in [-0.05, 0) is 29.7 Å². The van der Waals surface area contributed by atoms with Gasteiger partial charge < -0.3 is 9.53 Å². The number of hydrogen-bond acceptors (Lipinski definition) is 2. The maximum absolute atomic E-state index is 10.4. The first-order chi connectivity index (χ1) is 6.69. The Morgan fingerprint density at radius 3 is 2.86 bits per heavy atom. The van der Waals surface area contributed by atoms with E-state index in [0.717, 1.165) is 17.6 Å². The lowest BCUT2D eigenvalue weighted by Gasteiger charge is -2.11. The Morgan fingerprint density at radius 2 is 2.29 bits per heavy atom. The normalized spacial score (nSPS) is 12.2. The number of carbonyl (C=O) groups excluding carboxylic acids is 1. The molecule has 14 heavy (non-hydrogen) atoms. The summed E-state index contributed by atoms with van der Waals surface area (Å²) in [7, 11) is 1.61. The molecule has 1 unspecified atom stereocenters. The molecule has 1 aromatic carbocycles. The largest absolute Gasteiger partial charge is 0.497 e. The summed E-state index contributed by atoms with van der Waals surface area (Å²) in [5, 5.41) is 0.681. The molecule has 0 heterocycles. The fourth-order valence-electron chi connectivity index (χ4n) is 1.30. The van der Waals surface area contributed by atoms with E-state index in [1.807, 2.05) is 13.0 Å². The lowest BCUT2D eigenvalue weighted by atomic mass is 9.98. The van der Waals surface area contributed by atoms with Gasteiger partial charge in [-0.1, -0.05) is 18.5 Å². The number of halogens is 1. The summed E-state index contributed by atoms with van der Waals surface area (Å²) in [6.07, 6.45) is 1.38. The van der Waals surface area contributed by atoms with Crippen molar-refractivity contribution < 1.29 is 9.53 Å². The Bertz CT molecular complexity index is 323. The van der Waals surface area contributed by atoms with Crippen LogP contribution in [0.1, 0.15) is 24.8 Å². The quantitative estimate of drug-likeness (QED) is 0.718. The average Bonchev–Trinajstić information content (AvgIpc) is 2.19. The minimum absolute atomic E-state index is 0.134. The average molecular weight is 213 g/mol. The number of ether oxygens (including phenoxy) is 1. The number of methoxy groups -OCH3 is 1. The molecule has 0 fully saturated rings. The van der Waals surface area contributed by atoms with Crippen LogP contribution in [0.5, 0.6) is 5.75 Å². The number of aldehydes is 1. The molecule has 76 valence electrons. The monoisotopic (exact) mass is 212 g/mol. The third kappa shape index (κ3) is 2.48. The molecule has 0 amide bonds. The van der Waals surface area contributed by atoms with E-state index in [2.05, 4.69) is 0 Å². The minimum atomic E-state index is 0.134. The molecule has 0 bridgehead atoms. The highest BCUT2D eigenvalue weighted by Gasteiger charge is 2.10. The Hall–Kier alpha value is -1.02. The van der Waals surface area contributed by atoms with E-state index >= 15 is 0 Å². The van der Waals surface area contributed by atoms with Crippen LogP contribution in [0.3, 0.4) is 0 Å². The van der Waals surface area contributed by atoms with E-state index in [9.17, 15) is 4.79 Å². The van der Waals surface area contributed by atoms with Gasteiger partial charge in [0, 0.05) is 11.4 Å². The molecule has 3 heteroatoms. The first-order valence-electron chi connectivity index (χ1n) is 4.46. The van der Waals surface area contributed by atoms with E-state index < -0.39 is 0 Å². The lowest BCUT2D eigenvalue weighted by Crippen LogP contribution is -1.96. The van der Waals surface area contributed by atoms with Crippen LogP contribution in [0.2, 0.25) is 5.02 Å². The molecule has 0 aliphatic rings. The van der Waals surface area contributed by atoms with Gasteiger partial charge in [0.2, 0.25) is 0 Å². The van der Waals surface area contributed by atoms with Crippen LogP contribution >= 0.6 is 11.6 Å². The zero-order valence-corrected chi connectivity index (χ0v) is 9.04. The number of carbonyl (C=O) groups is 1. The van der Waals surface area contributed by atoms with Crippen molar-refractivity contribution in [3.63, 3.8) is 0 Å². The van der Waals surface area contributed by atoms with Gasteiger partial charge >= 0.3 is 0 Å². The van der Waals surface area contributed by atoms with Gasteiger partial charge in [-0.3, -0.25) is 0 Å². The number of hydrogen-bond donors (Lipinski definition) is 0. The summed E-state index contributed by atoms with van der Waals surface area (Å²) >= 11 is 6.01. The highest BCUT2D eigenvalue weighted by Crippen LogP contribution is 2.29. The predicted molar refractivity (Wildman–Crippen MR) is 57.1 cm³/mol. The van der Waals surface area contributed by atoms with Crippen LogP contribution in [-0.2, 0) is 4.79 Å². The maximum atomic E-state index is 10.4. The SMILES string of the molecule is COc1ccc(Cl)c(C(C)CC=O)c1. The van der Waals surface area contributed by atoms with Crippen molar-refractivity contribution in [3.05, 3.63) is 28.8 Å². The summed E-state index contributed by atoms with van der Waals surface area (Å²) in [4.78, 5) is 10.4. The van der Waals surface area contributed by atoms with Crippen molar-refractivity contribution in [1.29, 1.82) is 0 Å². The van der Waals surface area contributed by atoms with Gasteiger partial charge in [0.05, 0.1) is 7.11 Å². The third-order valence-electron chi connectivity index (χ3n) is 2.18.